The molecular weight excluding hydrogens is 152 g/mol. The van der Waals surface area contributed by atoms with Gasteiger partial charge in [0.2, 0.25) is 0 Å². The largest absolute Gasteiger partial charge is 0.509 e. The number of allylic oxidation sites excluding steroid dienone is 4. The molecule has 0 radical (unpaired) electrons. The zero-order valence-electron chi connectivity index (χ0n) is 7.36. The third kappa shape index (κ3) is 1.98. The Kier molecular flexibility index (Phi) is 2.71. The molecule has 0 bridgehead atoms. The molecule has 0 saturated heterocycles. The SMILES string of the molecule is CC(C)C1=CC(O)C(O)=CC=C1. The molecule has 0 spiro atoms. The summed E-state index contributed by atoms with van der Waals surface area (Å²) in [6.07, 6.45) is 5.97. The second-order valence-corrected chi connectivity index (χ2v) is 3.22. The fraction of sp³-hybridized carbons (Fsp3) is 0.400. The predicted octanol–water partition coefficient (Wildman–Crippen LogP) is 1.94. The molecule has 0 heterocycles. The summed E-state index contributed by atoms with van der Waals surface area (Å²) in [6, 6.07) is 0. The van der Waals surface area contributed by atoms with E-state index in [4.69, 9.17) is 0 Å². The summed E-state index contributed by atoms with van der Waals surface area (Å²) >= 11 is 0. The van der Waals surface area contributed by atoms with Crippen LogP contribution in [0.15, 0.2) is 35.6 Å². The van der Waals surface area contributed by atoms with Gasteiger partial charge in [0.05, 0.1) is 0 Å². The van der Waals surface area contributed by atoms with Crippen LogP contribution in [0.1, 0.15) is 13.8 Å². The molecule has 2 N–H and O–H groups in total. The molecule has 2 nitrogen and oxygen atoms in total. The average molecular weight is 166 g/mol. The lowest BCUT2D eigenvalue weighted by Crippen LogP contribution is -2.07. The van der Waals surface area contributed by atoms with Gasteiger partial charge in [0.15, 0.2) is 0 Å². The molecule has 0 aromatic carbocycles. The van der Waals surface area contributed by atoms with E-state index in [9.17, 15) is 10.2 Å². The van der Waals surface area contributed by atoms with Gasteiger partial charge in [0, 0.05) is 0 Å². The summed E-state index contributed by atoms with van der Waals surface area (Å²) in [5.74, 6) is 0.372. The van der Waals surface area contributed by atoms with Crippen LogP contribution < -0.4 is 0 Å². The molecule has 0 fully saturated rings. The smallest absolute Gasteiger partial charge is 0.129 e. The van der Waals surface area contributed by atoms with Crippen molar-refractivity contribution in [1.29, 1.82) is 0 Å². The highest BCUT2D eigenvalue weighted by Gasteiger charge is 2.10. The van der Waals surface area contributed by atoms with Crippen molar-refractivity contribution in [2.24, 2.45) is 5.92 Å². The first kappa shape index (κ1) is 9.07. The molecule has 0 saturated carbocycles. The van der Waals surface area contributed by atoms with Gasteiger partial charge in [0.25, 0.3) is 0 Å². The highest BCUT2D eigenvalue weighted by atomic mass is 16.3. The van der Waals surface area contributed by atoms with Gasteiger partial charge >= 0.3 is 0 Å². The molecule has 0 amide bonds. The van der Waals surface area contributed by atoms with E-state index in [1.807, 2.05) is 19.9 Å². The summed E-state index contributed by atoms with van der Waals surface area (Å²) in [6.45, 7) is 4.09. The Morgan fingerprint density at radius 3 is 2.67 bits per heavy atom. The minimum atomic E-state index is -0.850. The van der Waals surface area contributed by atoms with Gasteiger partial charge in [-0.05, 0) is 23.6 Å². The summed E-state index contributed by atoms with van der Waals surface area (Å²) in [5.41, 5.74) is 1.04. The Labute approximate surface area is 72.5 Å². The lowest BCUT2D eigenvalue weighted by atomic mass is 10.0. The molecular formula is C10H14O2. The van der Waals surface area contributed by atoms with Crippen LogP contribution >= 0.6 is 0 Å². The van der Waals surface area contributed by atoms with Crippen molar-refractivity contribution >= 4 is 0 Å². The Hall–Kier alpha value is -1.02. The van der Waals surface area contributed by atoms with Crippen LogP contribution in [0.5, 0.6) is 0 Å². The van der Waals surface area contributed by atoms with E-state index in [2.05, 4.69) is 0 Å². The van der Waals surface area contributed by atoms with Crippen molar-refractivity contribution in [2.45, 2.75) is 20.0 Å². The lowest BCUT2D eigenvalue weighted by molar-refractivity contribution is 0.192. The molecule has 1 aliphatic rings. The third-order valence-corrected chi connectivity index (χ3v) is 1.88. The van der Waals surface area contributed by atoms with Crippen LogP contribution in [-0.2, 0) is 0 Å². The Morgan fingerprint density at radius 1 is 1.42 bits per heavy atom. The van der Waals surface area contributed by atoms with E-state index in [1.54, 1.807) is 12.2 Å². The molecule has 1 unspecified atom stereocenters. The van der Waals surface area contributed by atoms with E-state index < -0.39 is 6.10 Å². The van der Waals surface area contributed by atoms with Gasteiger partial charge in [-0.3, -0.25) is 0 Å². The van der Waals surface area contributed by atoms with Crippen LogP contribution in [-0.4, -0.2) is 16.3 Å². The zero-order chi connectivity index (χ0) is 9.14. The van der Waals surface area contributed by atoms with Crippen molar-refractivity contribution in [2.75, 3.05) is 0 Å². The lowest BCUT2D eigenvalue weighted by Gasteiger charge is -2.07. The maximum atomic E-state index is 9.34. The van der Waals surface area contributed by atoms with Gasteiger partial charge in [-0.25, -0.2) is 0 Å². The summed E-state index contributed by atoms with van der Waals surface area (Å²) in [5, 5.41) is 18.5. The number of hydrogen-bond donors (Lipinski definition) is 2. The molecule has 0 aliphatic heterocycles. The average Bonchev–Trinajstić information content (AvgIpc) is 2.15. The van der Waals surface area contributed by atoms with Crippen LogP contribution in [0.3, 0.4) is 0 Å². The molecule has 0 aromatic heterocycles. The maximum Gasteiger partial charge on any atom is 0.129 e. The first-order valence-electron chi connectivity index (χ1n) is 4.08. The molecule has 0 aromatic rings. The minimum Gasteiger partial charge on any atom is -0.509 e. The quantitative estimate of drug-likeness (QED) is 0.625. The third-order valence-electron chi connectivity index (χ3n) is 1.88. The number of aliphatic hydroxyl groups is 2. The Morgan fingerprint density at radius 2 is 2.08 bits per heavy atom. The van der Waals surface area contributed by atoms with Crippen molar-refractivity contribution in [3.8, 4) is 0 Å². The van der Waals surface area contributed by atoms with Gasteiger partial charge in [-0.2, -0.15) is 0 Å². The van der Waals surface area contributed by atoms with Crippen LogP contribution in [0.2, 0.25) is 0 Å². The van der Waals surface area contributed by atoms with Gasteiger partial charge < -0.3 is 10.2 Å². The fourth-order valence-electron chi connectivity index (χ4n) is 1.06. The summed E-state index contributed by atoms with van der Waals surface area (Å²) < 4.78 is 0. The number of rotatable bonds is 1. The second kappa shape index (κ2) is 3.59. The number of aliphatic hydroxyl groups excluding tert-OH is 2. The maximum absolute atomic E-state index is 9.34. The van der Waals surface area contributed by atoms with Crippen molar-refractivity contribution in [3.05, 3.63) is 35.6 Å². The molecule has 1 aliphatic carbocycles. The van der Waals surface area contributed by atoms with Crippen molar-refractivity contribution < 1.29 is 10.2 Å². The zero-order valence-corrected chi connectivity index (χ0v) is 7.36. The van der Waals surface area contributed by atoms with Crippen molar-refractivity contribution in [1.82, 2.24) is 0 Å². The van der Waals surface area contributed by atoms with E-state index in [0.717, 1.165) is 5.57 Å². The molecule has 2 heteroatoms. The van der Waals surface area contributed by atoms with Gasteiger partial charge in [0.1, 0.15) is 11.9 Å². The first-order chi connectivity index (χ1) is 5.61. The van der Waals surface area contributed by atoms with Gasteiger partial charge in [-0.15, -0.1) is 0 Å². The van der Waals surface area contributed by atoms with Crippen LogP contribution in [0, 0.1) is 5.92 Å². The van der Waals surface area contributed by atoms with E-state index in [1.165, 1.54) is 6.08 Å². The molecule has 12 heavy (non-hydrogen) atoms. The van der Waals surface area contributed by atoms with E-state index in [0.29, 0.717) is 5.92 Å². The molecule has 1 rings (SSSR count). The first-order valence-corrected chi connectivity index (χ1v) is 4.08. The van der Waals surface area contributed by atoms with E-state index in [-0.39, 0.29) is 5.76 Å². The second-order valence-electron chi connectivity index (χ2n) is 3.22. The van der Waals surface area contributed by atoms with Crippen molar-refractivity contribution in [3.63, 3.8) is 0 Å². The topological polar surface area (TPSA) is 40.5 Å². The van der Waals surface area contributed by atoms with Crippen LogP contribution in [0.4, 0.5) is 0 Å². The minimum absolute atomic E-state index is 0.00176. The fourth-order valence-corrected chi connectivity index (χ4v) is 1.06. The number of hydrogen-bond acceptors (Lipinski definition) is 2. The monoisotopic (exact) mass is 166 g/mol. The summed E-state index contributed by atoms with van der Waals surface area (Å²) in [7, 11) is 0. The highest BCUT2D eigenvalue weighted by Crippen LogP contribution is 2.17. The standard InChI is InChI=1S/C10H14O2/c1-7(2)8-4-3-5-9(11)10(12)6-8/h3-7,10-12H,1-2H3. The summed E-state index contributed by atoms with van der Waals surface area (Å²) in [4.78, 5) is 0. The highest BCUT2D eigenvalue weighted by molar-refractivity contribution is 5.31. The van der Waals surface area contributed by atoms with Crippen LogP contribution in [0.25, 0.3) is 0 Å². The predicted molar refractivity (Wildman–Crippen MR) is 48.8 cm³/mol. The molecule has 1 atom stereocenters. The van der Waals surface area contributed by atoms with E-state index >= 15 is 0 Å². The Balaban J connectivity index is 2.88. The Bertz CT molecular complexity index is 247. The molecule has 66 valence electrons. The van der Waals surface area contributed by atoms with Gasteiger partial charge in [-0.1, -0.05) is 26.0 Å². The normalized spacial score (nSPS) is 23.5.